The summed E-state index contributed by atoms with van der Waals surface area (Å²) in [5, 5.41) is 9.35. The number of rotatable bonds is 3. The predicted molar refractivity (Wildman–Crippen MR) is 68.1 cm³/mol. The van der Waals surface area contributed by atoms with E-state index in [0.29, 0.717) is 12.1 Å². The zero-order valence-corrected chi connectivity index (χ0v) is 10.1. The van der Waals surface area contributed by atoms with Crippen LogP contribution in [0.1, 0.15) is 15.9 Å². The van der Waals surface area contributed by atoms with Crippen LogP contribution >= 0.6 is 0 Å². The van der Waals surface area contributed by atoms with Gasteiger partial charge in [0.15, 0.2) is 0 Å². The Hall–Kier alpha value is -2.36. The van der Waals surface area contributed by atoms with Gasteiger partial charge in [-0.15, -0.1) is 0 Å². The molecule has 0 spiro atoms. The molecule has 92 valence electrons. The number of benzene rings is 1. The average molecular weight is 242 g/mol. The minimum Gasteiger partial charge on any atom is -0.508 e. The number of aromatic nitrogens is 1. The van der Waals surface area contributed by atoms with Crippen molar-refractivity contribution in [1.29, 1.82) is 0 Å². The predicted octanol–water partition coefficient (Wildman–Crippen LogP) is 2.06. The third kappa shape index (κ3) is 2.85. The van der Waals surface area contributed by atoms with Gasteiger partial charge in [0, 0.05) is 31.5 Å². The summed E-state index contributed by atoms with van der Waals surface area (Å²) in [6.07, 6.45) is 3.39. The third-order valence-electron chi connectivity index (χ3n) is 2.61. The lowest BCUT2D eigenvalue weighted by molar-refractivity contribution is 0.0784. The number of carbonyl (C=O) groups excluding carboxylic acids is 1. The van der Waals surface area contributed by atoms with Gasteiger partial charge in [-0.25, -0.2) is 0 Å². The topological polar surface area (TPSA) is 53.4 Å². The molecule has 0 radical (unpaired) electrons. The zero-order chi connectivity index (χ0) is 13.0. The highest BCUT2D eigenvalue weighted by Gasteiger charge is 2.12. The van der Waals surface area contributed by atoms with Crippen LogP contribution in [-0.2, 0) is 6.54 Å². The molecule has 4 heteroatoms. The maximum absolute atomic E-state index is 12.1. The van der Waals surface area contributed by atoms with Crippen LogP contribution in [0.15, 0.2) is 48.8 Å². The smallest absolute Gasteiger partial charge is 0.254 e. The van der Waals surface area contributed by atoms with E-state index in [1.807, 2.05) is 12.1 Å². The van der Waals surface area contributed by atoms with Crippen LogP contribution in [0.2, 0.25) is 0 Å². The normalized spacial score (nSPS) is 10.1. The molecule has 1 amide bonds. The van der Waals surface area contributed by atoms with Gasteiger partial charge >= 0.3 is 0 Å². The van der Waals surface area contributed by atoms with E-state index in [-0.39, 0.29) is 11.7 Å². The van der Waals surface area contributed by atoms with E-state index in [4.69, 9.17) is 0 Å². The van der Waals surface area contributed by atoms with E-state index >= 15 is 0 Å². The van der Waals surface area contributed by atoms with Crippen molar-refractivity contribution < 1.29 is 9.90 Å². The molecule has 2 rings (SSSR count). The first-order valence-corrected chi connectivity index (χ1v) is 5.60. The van der Waals surface area contributed by atoms with Gasteiger partial charge in [0.1, 0.15) is 5.75 Å². The van der Waals surface area contributed by atoms with Crippen LogP contribution in [0, 0.1) is 0 Å². The summed E-state index contributed by atoms with van der Waals surface area (Å²) in [7, 11) is 1.73. The van der Waals surface area contributed by atoms with E-state index in [0.717, 1.165) is 5.56 Å². The maximum atomic E-state index is 12.1. The second-order valence-electron chi connectivity index (χ2n) is 4.07. The first kappa shape index (κ1) is 12.1. The molecule has 1 aromatic heterocycles. The molecule has 0 unspecified atom stereocenters. The molecule has 4 nitrogen and oxygen atoms in total. The maximum Gasteiger partial charge on any atom is 0.254 e. The number of carbonyl (C=O) groups is 1. The van der Waals surface area contributed by atoms with Crippen LogP contribution in [0.25, 0.3) is 0 Å². The van der Waals surface area contributed by atoms with E-state index in [1.165, 1.54) is 6.07 Å². The largest absolute Gasteiger partial charge is 0.508 e. The third-order valence-corrected chi connectivity index (χ3v) is 2.61. The summed E-state index contributed by atoms with van der Waals surface area (Å²) in [4.78, 5) is 17.6. The lowest BCUT2D eigenvalue weighted by Crippen LogP contribution is -2.26. The monoisotopic (exact) mass is 242 g/mol. The van der Waals surface area contributed by atoms with Crippen molar-refractivity contribution in [2.24, 2.45) is 0 Å². The second-order valence-corrected chi connectivity index (χ2v) is 4.07. The lowest BCUT2D eigenvalue weighted by atomic mass is 10.2. The summed E-state index contributed by atoms with van der Waals surface area (Å²) >= 11 is 0. The van der Waals surface area contributed by atoms with E-state index in [2.05, 4.69) is 4.98 Å². The van der Waals surface area contributed by atoms with E-state index < -0.39 is 0 Å². The van der Waals surface area contributed by atoms with Gasteiger partial charge in [-0.05, 0) is 35.9 Å². The summed E-state index contributed by atoms with van der Waals surface area (Å²) in [5.74, 6) is -0.0270. The number of phenolic OH excluding ortho intramolecular Hbond substituents is 1. The molecular weight excluding hydrogens is 228 g/mol. The highest BCUT2D eigenvalue weighted by atomic mass is 16.3. The molecule has 0 bridgehead atoms. The molecule has 2 aromatic rings. The Morgan fingerprint density at radius 1 is 1.28 bits per heavy atom. The van der Waals surface area contributed by atoms with Gasteiger partial charge in [-0.1, -0.05) is 6.07 Å². The summed E-state index contributed by atoms with van der Waals surface area (Å²) in [5.41, 5.74) is 1.49. The number of pyridine rings is 1. The SMILES string of the molecule is CN(Cc1ccncc1)C(=O)c1cccc(O)c1. The van der Waals surface area contributed by atoms with Gasteiger partial charge in [0.25, 0.3) is 5.91 Å². The first-order valence-electron chi connectivity index (χ1n) is 5.60. The van der Waals surface area contributed by atoms with Crippen LogP contribution < -0.4 is 0 Å². The Kier molecular flexibility index (Phi) is 3.57. The fourth-order valence-corrected chi connectivity index (χ4v) is 1.69. The van der Waals surface area contributed by atoms with E-state index in [9.17, 15) is 9.90 Å². The molecule has 1 heterocycles. The van der Waals surface area contributed by atoms with Crippen LogP contribution in [0.5, 0.6) is 5.75 Å². The Labute approximate surface area is 106 Å². The quantitative estimate of drug-likeness (QED) is 0.896. The Balaban J connectivity index is 2.10. The van der Waals surface area contributed by atoms with Gasteiger partial charge in [0.2, 0.25) is 0 Å². The van der Waals surface area contributed by atoms with Gasteiger partial charge < -0.3 is 10.0 Å². The van der Waals surface area contributed by atoms with Crippen LogP contribution in [0.4, 0.5) is 0 Å². The molecule has 0 fully saturated rings. The fraction of sp³-hybridized carbons (Fsp3) is 0.143. The Morgan fingerprint density at radius 2 is 2.00 bits per heavy atom. The molecule has 1 N–H and O–H groups in total. The van der Waals surface area contributed by atoms with Crippen LogP contribution in [-0.4, -0.2) is 27.9 Å². The molecule has 0 saturated carbocycles. The van der Waals surface area contributed by atoms with Crippen molar-refractivity contribution in [3.8, 4) is 5.75 Å². The van der Waals surface area contributed by atoms with Crippen LogP contribution in [0.3, 0.4) is 0 Å². The number of hydrogen-bond acceptors (Lipinski definition) is 3. The minimum absolute atomic E-state index is 0.0955. The van der Waals surface area contributed by atoms with Crippen molar-refractivity contribution >= 4 is 5.91 Å². The Bertz CT molecular complexity index is 541. The van der Waals surface area contributed by atoms with Gasteiger partial charge in [-0.3, -0.25) is 9.78 Å². The fourth-order valence-electron chi connectivity index (χ4n) is 1.69. The highest BCUT2D eigenvalue weighted by Crippen LogP contribution is 2.13. The Morgan fingerprint density at radius 3 is 2.67 bits per heavy atom. The molecule has 18 heavy (non-hydrogen) atoms. The molecule has 0 atom stereocenters. The number of hydrogen-bond donors (Lipinski definition) is 1. The average Bonchev–Trinajstić information content (AvgIpc) is 2.39. The van der Waals surface area contributed by atoms with Gasteiger partial charge in [0.05, 0.1) is 0 Å². The zero-order valence-electron chi connectivity index (χ0n) is 10.1. The summed E-state index contributed by atoms with van der Waals surface area (Å²) < 4.78 is 0. The molecule has 0 aliphatic heterocycles. The van der Waals surface area contributed by atoms with Crippen molar-refractivity contribution in [1.82, 2.24) is 9.88 Å². The van der Waals surface area contributed by atoms with Crippen molar-refractivity contribution in [2.45, 2.75) is 6.54 Å². The molecule has 0 saturated heterocycles. The molecule has 1 aromatic carbocycles. The number of phenols is 1. The molecule has 0 aliphatic carbocycles. The summed E-state index contributed by atoms with van der Waals surface area (Å²) in [6.45, 7) is 0.511. The second kappa shape index (κ2) is 5.31. The number of aromatic hydroxyl groups is 1. The molecular formula is C14H14N2O2. The van der Waals surface area contributed by atoms with Crippen molar-refractivity contribution in [3.05, 3.63) is 59.9 Å². The van der Waals surface area contributed by atoms with Gasteiger partial charge in [-0.2, -0.15) is 0 Å². The standard InChI is InChI=1S/C14H14N2O2/c1-16(10-11-5-7-15-8-6-11)14(18)12-3-2-4-13(17)9-12/h2-9,17H,10H2,1H3. The first-order chi connectivity index (χ1) is 8.66. The number of amides is 1. The van der Waals surface area contributed by atoms with Crippen molar-refractivity contribution in [3.63, 3.8) is 0 Å². The molecule has 0 aliphatic rings. The van der Waals surface area contributed by atoms with Crippen molar-refractivity contribution in [2.75, 3.05) is 7.05 Å². The van der Waals surface area contributed by atoms with E-state index in [1.54, 1.807) is 42.5 Å². The lowest BCUT2D eigenvalue weighted by Gasteiger charge is -2.17. The number of nitrogens with zero attached hydrogens (tertiary/aromatic N) is 2. The highest BCUT2D eigenvalue weighted by molar-refractivity contribution is 5.94. The summed E-state index contributed by atoms with van der Waals surface area (Å²) in [6, 6.07) is 10.1. The minimum atomic E-state index is -0.122.